The fraction of sp³-hybridized carbons (Fsp3) is 0.714. The third-order valence-electron chi connectivity index (χ3n) is 3.45. The molecule has 0 unspecified atom stereocenters. The van der Waals surface area contributed by atoms with Crippen molar-refractivity contribution < 1.29 is 0 Å². The first-order valence-electron chi connectivity index (χ1n) is 6.89. The van der Waals surface area contributed by atoms with E-state index < -0.39 is 0 Å². The average Bonchev–Trinajstić information content (AvgIpc) is 2.38. The molecule has 3 nitrogen and oxygen atoms in total. The molecule has 2 N–H and O–H groups in total. The van der Waals surface area contributed by atoms with Crippen LogP contribution in [0.2, 0.25) is 0 Å². The third-order valence-corrected chi connectivity index (χ3v) is 4.81. The Morgan fingerprint density at radius 2 is 2.06 bits per heavy atom. The highest BCUT2D eigenvalue weighted by atomic mass is 32.2. The Balaban J connectivity index is 1.94. The van der Waals surface area contributed by atoms with Gasteiger partial charge in [-0.3, -0.25) is 0 Å². The molecule has 1 aromatic heterocycles. The molecule has 0 bridgehead atoms. The SMILES string of the molecule is CC(C)c1nc(CSC2CCCCC2)ncc1N. The number of anilines is 1. The van der Waals surface area contributed by atoms with Crippen LogP contribution in [0.15, 0.2) is 6.20 Å². The lowest BCUT2D eigenvalue weighted by Gasteiger charge is -2.20. The second kappa shape index (κ2) is 6.41. The van der Waals surface area contributed by atoms with Crippen molar-refractivity contribution in [3.05, 3.63) is 17.7 Å². The second-order valence-corrected chi connectivity index (χ2v) is 6.64. The van der Waals surface area contributed by atoms with Gasteiger partial charge in [0.1, 0.15) is 5.82 Å². The Kier molecular flexibility index (Phi) is 4.87. The molecule has 0 spiro atoms. The predicted octanol–water partition coefficient (Wildman–Crippen LogP) is 3.75. The normalized spacial score (nSPS) is 17.3. The van der Waals surface area contributed by atoms with Crippen molar-refractivity contribution in [1.29, 1.82) is 0 Å². The Bertz CT molecular complexity index is 387. The van der Waals surface area contributed by atoms with Crippen LogP contribution in [-0.2, 0) is 5.75 Å². The standard InChI is InChI=1S/C14H23N3S/c1-10(2)14-12(15)8-16-13(17-14)9-18-11-6-4-3-5-7-11/h8,10-11H,3-7,9,15H2,1-2H3. The number of nitrogens with two attached hydrogens (primary N) is 1. The number of nitrogen functional groups attached to an aromatic ring is 1. The van der Waals surface area contributed by atoms with Gasteiger partial charge in [-0.05, 0) is 18.8 Å². The van der Waals surface area contributed by atoms with E-state index in [1.807, 2.05) is 11.8 Å². The first-order valence-corrected chi connectivity index (χ1v) is 7.94. The van der Waals surface area contributed by atoms with Crippen LogP contribution in [-0.4, -0.2) is 15.2 Å². The van der Waals surface area contributed by atoms with Gasteiger partial charge in [0.2, 0.25) is 0 Å². The molecular formula is C14H23N3S. The summed E-state index contributed by atoms with van der Waals surface area (Å²) in [5, 5.41) is 0.808. The molecule has 1 aromatic rings. The molecule has 2 rings (SSSR count). The summed E-state index contributed by atoms with van der Waals surface area (Å²) in [6.45, 7) is 4.24. The Morgan fingerprint density at radius 3 is 2.72 bits per heavy atom. The fourth-order valence-corrected chi connectivity index (χ4v) is 3.59. The molecule has 1 heterocycles. The topological polar surface area (TPSA) is 51.8 Å². The quantitative estimate of drug-likeness (QED) is 0.901. The molecule has 18 heavy (non-hydrogen) atoms. The molecule has 0 aromatic carbocycles. The zero-order valence-corrected chi connectivity index (χ0v) is 12.2. The Morgan fingerprint density at radius 1 is 1.33 bits per heavy atom. The van der Waals surface area contributed by atoms with Crippen LogP contribution in [0.3, 0.4) is 0 Å². The van der Waals surface area contributed by atoms with E-state index in [-0.39, 0.29) is 0 Å². The lowest BCUT2D eigenvalue weighted by Crippen LogP contribution is -2.10. The highest BCUT2D eigenvalue weighted by Crippen LogP contribution is 2.30. The van der Waals surface area contributed by atoms with Gasteiger partial charge in [0.25, 0.3) is 0 Å². The van der Waals surface area contributed by atoms with E-state index in [0.29, 0.717) is 5.92 Å². The summed E-state index contributed by atoms with van der Waals surface area (Å²) >= 11 is 2.01. The molecule has 1 aliphatic carbocycles. The molecule has 4 heteroatoms. The maximum Gasteiger partial charge on any atom is 0.138 e. The van der Waals surface area contributed by atoms with Crippen LogP contribution < -0.4 is 5.73 Å². The molecule has 1 aliphatic rings. The highest BCUT2D eigenvalue weighted by molar-refractivity contribution is 7.99. The molecule has 0 atom stereocenters. The lowest BCUT2D eigenvalue weighted by molar-refractivity contribution is 0.516. The van der Waals surface area contributed by atoms with E-state index in [9.17, 15) is 0 Å². The third kappa shape index (κ3) is 3.61. The number of nitrogens with zero attached hydrogens (tertiary/aromatic N) is 2. The summed E-state index contributed by atoms with van der Waals surface area (Å²) in [5.74, 6) is 2.22. The molecular weight excluding hydrogens is 242 g/mol. The minimum absolute atomic E-state index is 0.367. The van der Waals surface area contributed by atoms with Gasteiger partial charge < -0.3 is 5.73 Å². The van der Waals surface area contributed by atoms with Crippen molar-refractivity contribution in [3.8, 4) is 0 Å². The molecule has 0 amide bonds. The largest absolute Gasteiger partial charge is 0.396 e. The maximum atomic E-state index is 5.90. The minimum atomic E-state index is 0.367. The zero-order valence-electron chi connectivity index (χ0n) is 11.4. The van der Waals surface area contributed by atoms with Crippen molar-refractivity contribution in [2.75, 3.05) is 5.73 Å². The number of hydrogen-bond acceptors (Lipinski definition) is 4. The van der Waals surface area contributed by atoms with Gasteiger partial charge in [-0.25, -0.2) is 9.97 Å². The van der Waals surface area contributed by atoms with Crippen molar-refractivity contribution >= 4 is 17.4 Å². The average molecular weight is 265 g/mol. The predicted molar refractivity (Wildman–Crippen MR) is 78.7 cm³/mol. The second-order valence-electron chi connectivity index (χ2n) is 5.35. The molecule has 0 saturated heterocycles. The summed E-state index contributed by atoms with van der Waals surface area (Å²) in [7, 11) is 0. The summed E-state index contributed by atoms with van der Waals surface area (Å²) in [5.41, 5.74) is 7.61. The van der Waals surface area contributed by atoms with Crippen molar-refractivity contribution in [2.45, 2.75) is 62.9 Å². The summed E-state index contributed by atoms with van der Waals surface area (Å²) in [6, 6.07) is 0. The minimum Gasteiger partial charge on any atom is -0.396 e. The fourth-order valence-electron chi connectivity index (χ4n) is 2.40. The van der Waals surface area contributed by atoms with Crippen molar-refractivity contribution in [2.24, 2.45) is 0 Å². The maximum absolute atomic E-state index is 5.90. The van der Waals surface area contributed by atoms with Gasteiger partial charge in [-0.15, -0.1) is 0 Å². The van der Waals surface area contributed by atoms with Crippen LogP contribution in [0.4, 0.5) is 5.69 Å². The first kappa shape index (κ1) is 13.7. The van der Waals surface area contributed by atoms with E-state index in [2.05, 4.69) is 23.8 Å². The van der Waals surface area contributed by atoms with E-state index in [1.54, 1.807) is 6.20 Å². The van der Waals surface area contributed by atoms with Crippen LogP contribution in [0.25, 0.3) is 0 Å². The lowest BCUT2D eigenvalue weighted by atomic mass is 10.0. The number of aromatic nitrogens is 2. The first-order chi connectivity index (χ1) is 8.66. The van der Waals surface area contributed by atoms with Gasteiger partial charge in [-0.1, -0.05) is 33.1 Å². The molecule has 100 valence electrons. The van der Waals surface area contributed by atoms with Crippen molar-refractivity contribution in [3.63, 3.8) is 0 Å². The van der Waals surface area contributed by atoms with Gasteiger partial charge in [0, 0.05) is 5.25 Å². The molecule has 1 fully saturated rings. The van der Waals surface area contributed by atoms with Crippen molar-refractivity contribution in [1.82, 2.24) is 9.97 Å². The highest BCUT2D eigenvalue weighted by Gasteiger charge is 2.15. The monoisotopic (exact) mass is 265 g/mol. The van der Waals surface area contributed by atoms with E-state index in [1.165, 1.54) is 32.1 Å². The summed E-state index contributed by atoms with van der Waals surface area (Å²) < 4.78 is 0. The van der Waals surface area contributed by atoms with Crippen LogP contribution in [0, 0.1) is 0 Å². The van der Waals surface area contributed by atoms with Crippen LogP contribution >= 0.6 is 11.8 Å². The van der Waals surface area contributed by atoms with Crippen LogP contribution in [0.1, 0.15) is 63.4 Å². The van der Waals surface area contributed by atoms with E-state index in [4.69, 9.17) is 5.73 Å². The number of rotatable bonds is 4. The van der Waals surface area contributed by atoms with E-state index in [0.717, 1.165) is 28.2 Å². The number of thioether (sulfide) groups is 1. The van der Waals surface area contributed by atoms with Gasteiger partial charge >= 0.3 is 0 Å². The van der Waals surface area contributed by atoms with E-state index >= 15 is 0 Å². The van der Waals surface area contributed by atoms with Gasteiger partial charge in [0.15, 0.2) is 0 Å². The zero-order chi connectivity index (χ0) is 13.0. The molecule has 1 saturated carbocycles. The van der Waals surface area contributed by atoms with Gasteiger partial charge in [0.05, 0.1) is 23.3 Å². The van der Waals surface area contributed by atoms with Gasteiger partial charge in [-0.2, -0.15) is 11.8 Å². The molecule has 0 radical (unpaired) electrons. The smallest absolute Gasteiger partial charge is 0.138 e. The van der Waals surface area contributed by atoms with Crippen LogP contribution in [0.5, 0.6) is 0 Å². The molecule has 0 aliphatic heterocycles. The Hall–Kier alpha value is -0.770. The summed E-state index contributed by atoms with van der Waals surface area (Å²) in [6.07, 6.45) is 8.66. The summed E-state index contributed by atoms with van der Waals surface area (Å²) in [4.78, 5) is 8.95. The number of hydrogen-bond donors (Lipinski definition) is 1. The Labute approximate surface area is 114 Å².